The van der Waals surface area contributed by atoms with Crippen LogP contribution in [0.25, 0.3) is 34.5 Å². The number of hydrogen-bond acceptors (Lipinski definition) is 2. The molecule has 2 aromatic carbocycles. The Morgan fingerprint density at radius 1 is 0.769 bits per heavy atom. The van der Waals surface area contributed by atoms with E-state index in [-0.39, 0.29) is 0 Å². The first-order valence-electron chi connectivity index (χ1n) is 8.77. The molecule has 4 aromatic rings. The molecule has 0 radical (unpaired) electrons. The van der Waals surface area contributed by atoms with Crippen molar-refractivity contribution in [3.8, 4) is 0 Å². The second-order valence-electron chi connectivity index (χ2n) is 6.56. The van der Waals surface area contributed by atoms with Gasteiger partial charge in [0.1, 0.15) is 0 Å². The van der Waals surface area contributed by atoms with Gasteiger partial charge in [0, 0.05) is 12.4 Å². The topological polar surface area (TPSA) is 35.6 Å². The quantitative estimate of drug-likeness (QED) is 0.509. The molecule has 0 saturated carbocycles. The van der Waals surface area contributed by atoms with E-state index >= 15 is 0 Å². The van der Waals surface area contributed by atoms with Gasteiger partial charge in [0.15, 0.2) is 0 Å². The van der Waals surface area contributed by atoms with Gasteiger partial charge in [-0.15, -0.1) is 0 Å². The predicted octanol–water partition coefficient (Wildman–Crippen LogP) is 5.12. The summed E-state index contributed by atoms with van der Waals surface area (Å²) in [5.41, 5.74) is 6.95. The fourth-order valence-corrected chi connectivity index (χ4v) is 3.48. The van der Waals surface area contributed by atoms with E-state index in [4.69, 9.17) is 0 Å². The fourth-order valence-electron chi connectivity index (χ4n) is 3.48. The van der Waals surface area contributed by atoms with Crippen LogP contribution in [-0.2, 0) is 0 Å². The average Bonchev–Trinajstić information content (AvgIpc) is 3.27. The summed E-state index contributed by atoms with van der Waals surface area (Å²) in [5, 5.41) is 0. The van der Waals surface area contributed by atoms with E-state index in [0.717, 1.165) is 34.9 Å². The van der Waals surface area contributed by atoms with Crippen molar-refractivity contribution in [1.82, 2.24) is 19.1 Å². The maximum absolute atomic E-state index is 4.47. The smallest absolute Gasteiger partial charge is 0.0999 e. The molecule has 0 N–H and O–H groups in total. The molecule has 0 fully saturated rings. The van der Waals surface area contributed by atoms with Crippen molar-refractivity contribution in [2.24, 2.45) is 0 Å². The third-order valence-electron chi connectivity index (χ3n) is 4.73. The first-order valence-corrected chi connectivity index (χ1v) is 8.77. The largest absolute Gasteiger partial charge is 0.306 e. The normalized spacial score (nSPS) is 17.7. The van der Waals surface area contributed by atoms with Gasteiger partial charge in [-0.2, -0.15) is 0 Å². The lowest BCUT2D eigenvalue weighted by atomic mass is 9.98. The van der Waals surface area contributed by atoms with E-state index in [2.05, 4.69) is 61.9 Å². The Bertz CT molecular complexity index is 1190. The Labute approximate surface area is 151 Å². The van der Waals surface area contributed by atoms with Crippen LogP contribution >= 0.6 is 0 Å². The van der Waals surface area contributed by atoms with Crippen LogP contribution in [0.1, 0.15) is 12.8 Å². The van der Waals surface area contributed by atoms with Crippen LogP contribution in [0.5, 0.6) is 0 Å². The van der Waals surface area contributed by atoms with Crippen LogP contribution in [0.4, 0.5) is 0 Å². The van der Waals surface area contributed by atoms with Crippen LogP contribution in [0.2, 0.25) is 0 Å². The second-order valence-corrected chi connectivity index (χ2v) is 6.56. The fraction of sp³-hybridized carbons (Fsp3) is 0.0909. The number of allylic oxidation sites excluding steroid dienone is 4. The number of hydrogen-bond donors (Lipinski definition) is 0. The van der Waals surface area contributed by atoms with Gasteiger partial charge < -0.3 is 9.13 Å². The SMILES string of the molecule is C1=CC(=Cn2cnc3ccccc32)CC(=Cn2cnc3ccccc32)C1. The number of rotatable bonds is 2. The van der Waals surface area contributed by atoms with Gasteiger partial charge in [0.05, 0.1) is 34.7 Å². The lowest BCUT2D eigenvalue weighted by Crippen LogP contribution is -1.96. The molecule has 0 unspecified atom stereocenters. The zero-order valence-corrected chi connectivity index (χ0v) is 14.3. The van der Waals surface area contributed by atoms with Crippen molar-refractivity contribution in [3.05, 3.63) is 84.5 Å². The van der Waals surface area contributed by atoms with E-state index in [1.165, 1.54) is 11.1 Å². The highest BCUT2D eigenvalue weighted by atomic mass is 15.0. The van der Waals surface area contributed by atoms with Gasteiger partial charge >= 0.3 is 0 Å². The summed E-state index contributed by atoms with van der Waals surface area (Å²) in [6, 6.07) is 16.4. The first-order chi connectivity index (χ1) is 12.9. The summed E-state index contributed by atoms with van der Waals surface area (Å²) in [7, 11) is 0. The van der Waals surface area contributed by atoms with E-state index in [1.54, 1.807) is 0 Å². The highest BCUT2D eigenvalue weighted by Crippen LogP contribution is 2.25. The molecule has 5 rings (SSSR count). The van der Waals surface area contributed by atoms with E-state index in [9.17, 15) is 0 Å². The molecule has 2 heterocycles. The second kappa shape index (κ2) is 6.15. The molecule has 0 saturated heterocycles. The van der Waals surface area contributed by atoms with Crippen LogP contribution in [-0.4, -0.2) is 19.1 Å². The van der Waals surface area contributed by atoms with Crippen LogP contribution < -0.4 is 0 Å². The number of benzene rings is 2. The minimum atomic E-state index is 0.926. The molecule has 0 atom stereocenters. The van der Waals surface area contributed by atoms with Gasteiger partial charge in [-0.3, -0.25) is 0 Å². The molecule has 0 spiro atoms. The van der Waals surface area contributed by atoms with Crippen molar-refractivity contribution >= 4 is 34.5 Å². The standard InChI is InChI=1S/C22H18N4/c1-3-10-21-19(8-1)23-15-25(21)13-17-6-5-7-18(12-17)14-26-16-24-20-9-2-4-11-22(20)26/h1-6,8-11,13-16H,7,12H2. The van der Waals surface area contributed by atoms with Gasteiger partial charge in [0.25, 0.3) is 0 Å². The molecule has 1 aliphatic carbocycles. The number of para-hydroxylation sites is 4. The van der Waals surface area contributed by atoms with Gasteiger partial charge in [-0.05, 0) is 48.3 Å². The van der Waals surface area contributed by atoms with E-state index in [1.807, 2.05) is 43.0 Å². The van der Waals surface area contributed by atoms with Crippen LogP contribution in [0.15, 0.2) is 84.5 Å². The first kappa shape index (κ1) is 14.9. The summed E-state index contributed by atoms with van der Waals surface area (Å²) in [6.45, 7) is 0. The molecule has 0 aliphatic heterocycles. The number of nitrogens with zero attached hydrogens (tertiary/aromatic N) is 4. The lowest BCUT2D eigenvalue weighted by molar-refractivity contribution is 1.01. The van der Waals surface area contributed by atoms with Crippen molar-refractivity contribution in [3.63, 3.8) is 0 Å². The number of aromatic nitrogens is 4. The Balaban J connectivity index is 1.48. The minimum absolute atomic E-state index is 0.926. The van der Waals surface area contributed by atoms with E-state index in [0.29, 0.717) is 0 Å². The van der Waals surface area contributed by atoms with Gasteiger partial charge in [-0.25, -0.2) is 9.97 Å². The summed E-state index contributed by atoms with van der Waals surface area (Å²) in [6.07, 6.45) is 14.5. The average molecular weight is 338 g/mol. The molecule has 1 aliphatic rings. The summed E-state index contributed by atoms with van der Waals surface area (Å²) >= 11 is 0. The molecule has 0 amide bonds. The molecule has 26 heavy (non-hydrogen) atoms. The summed E-state index contributed by atoms with van der Waals surface area (Å²) in [4.78, 5) is 8.94. The Kier molecular flexibility index (Phi) is 3.53. The molecule has 126 valence electrons. The molecule has 4 heteroatoms. The van der Waals surface area contributed by atoms with Crippen molar-refractivity contribution in [2.45, 2.75) is 12.8 Å². The lowest BCUT2D eigenvalue weighted by Gasteiger charge is -2.13. The monoisotopic (exact) mass is 338 g/mol. The van der Waals surface area contributed by atoms with Crippen molar-refractivity contribution in [1.29, 1.82) is 0 Å². The third kappa shape index (κ3) is 2.65. The van der Waals surface area contributed by atoms with E-state index < -0.39 is 0 Å². The number of imidazole rings is 2. The molecular weight excluding hydrogens is 320 g/mol. The zero-order chi connectivity index (χ0) is 17.3. The minimum Gasteiger partial charge on any atom is -0.306 e. The maximum atomic E-state index is 4.47. The highest BCUT2D eigenvalue weighted by Gasteiger charge is 2.08. The van der Waals surface area contributed by atoms with Crippen LogP contribution in [0.3, 0.4) is 0 Å². The van der Waals surface area contributed by atoms with Crippen molar-refractivity contribution < 1.29 is 0 Å². The Morgan fingerprint density at radius 3 is 2.08 bits per heavy atom. The molecule has 0 bridgehead atoms. The number of fused-ring (bicyclic) bond motifs is 2. The summed E-state index contributed by atoms with van der Waals surface area (Å²) < 4.78 is 4.22. The zero-order valence-electron chi connectivity index (χ0n) is 14.3. The molecule has 4 nitrogen and oxygen atoms in total. The van der Waals surface area contributed by atoms with Gasteiger partial charge in [-0.1, -0.05) is 36.4 Å². The van der Waals surface area contributed by atoms with Crippen molar-refractivity contribution in [2.75, 3.05) is 0 Å². The Morgan fingerprint density at radius 2 is 1.38 bits per heavy atom. The maximum Gasteiger partial charge on any atom is 0.0999 e. The summed E-state index contributed by atoms with van der Waals surface area (Å²) in [5.74, 6) is 0. The highest BCUT2D eigenvalue weighted by molar-refractivity contribution is 5.78. The van der Waals surface area contributed by atoms with Crippen LogP contribution in [0, 0.1) is 0 Å². The Hall–Kier alpha value is -3.40. The molecular formula is C22H18N4. The predicted molar refractivity (Wildman–Crippen MR) is 106 cm³/mol. The molecule has 2 aromatic heterocycles. The third-order valence-corrected chi connectivity index (χ3v) is 4.73. The van der Waals surface area contributed by atoms with Gasteiger partial charge in [0.2, 0.25) is 0 Å².